The van der Waals surface area contributed by atoms with Gasteiger partial charge < -0.3 is 10.5 Å². The van der Waals surface area contributed by atoms with E-state index in [1.54, 1.807) is 0 Å². The van der Waals surface area contributed by atoms with Crippen LogP contribution >= 0.6 is 0 Å². The fourth-order valence-electron chi connectivity index (χ4n) is 1.88. The Kier molecular flexibility index (Phi) is 3.69. The molecule has 0 amide bonds. The van der Waals surface area contributed by atoms with Crippen molar-refractivity contribution in [2.24, 2.45) is 5.73 Å². The van der Waals surface area contributed by atoms with Crippen LogP contribution in [-0.2, 0) is 16.3 Å². The molecule has 1 fully saturated rings. The molecule has 1 heterocycles. The van der Waals surface area contributed by atoms with Gasteiger partial charge in [0.1, 0.15) is 11.9 Å². The number of para-hydroxylation sites is 1. The molecule has 1 aromatic carbocycles. The van der Waals surface area contributed by atoms with Gasteiger partial charge in [-0.05, 0) is 31.0 Å². The second kappa shape index (κ2) is 5.06. The van der Waals surface area contributed by atoms with Crippen molar-refractivity contribution >= 4 is 9.84 Å². The highest BCUT2D eigenvalue weighted by Crippen LogP contribution is 2.24. The first-order valence-electron chi connectivity index (χ1n) is 5.76. The summed E-state index contributed by atoms with van der Waals surface area (Å²) >= 11 is 0. The Morgan fingerprint density at radius 1 is 1.29 bits per heavy atom. The van der Waals surface area contributed by atoms with Gasteiger partial charge in [0.05, 0.1) is 11.5 Å². The lowest BCUT2D eigenvalue weighted by molar-refractivity contribution is 0.228. The fourth-order valence-corrected chi connectivity index (χ4v) is 3.05. The van der Waals surface area contributed by atoms with Crippen LogP contribution in [0.5, 0.6) is 5.75 Å². The van der Waals surface area contributed by atoms with E-state index in [-0.39, 0.29) is 17.6 Å². The summed E-state index contributed by atoms with van der Waals surface area (Å²) in [7, 11) is -2.83. The standard InChI is InChI=1S/C12H17NO3S/c13-7-3-5-10-4-1-2-6-12(10)16-11-8-17(14,15)9-11/h1-2,4,6,11H,3,5,7-9,13H2. The number of ether oxygens (including phenoxy) is 1. The van der Waals surface area contributed by atoms with Gasteiger partial charge in [0, 0.05) is 0 Å². The number of nitrogens with two attached hydrogens (primary N) is 1. The van der Waals surface area contributed by atoms with Gasteiger partial charge in [-0.1, -0.05) is 18.2 Å². The van der Waals surface area contributed by atoms with Crippen molar-refractivity contribution in [3.63, 3.8) is 0 Å². The largest absolute Gasteiger partial charge is 0.488 e. The van der Waals surface area contributed by atoms with Gasteiger partial charge in [0.25, 0.3) is 0 Å². The highest BCUT2D eigenvalue weighted by molar-refractivity contribution is 7.92. The average molecular weight is 255 g/mol. The van der Waals surface area contributed by atoms with Crippen LogP contribution in [-0.4, -0.2) is 32.6 Å². The molecule has 0 unspecified atom stereocenters. The van der Waals surface area contributed by atoms with Gasteiger partial charge in [-0.15, -0.1) is 0 Å². The predicted molar refractivity (Wildman–Crippen MR) is 66.9 cm³/mol. The summed E-state index contributed by atoms with van der Waals surface area (Å²) in [6.07, 6.45) is 1.59. The number of rotatable bonds is 5. The average Bonchev–Trinajstić information content (AvgIpc) is 2.25. The van der Waals surface area contributed by atoms with Crippen LogP contribution in [0.25, 0.3) is 0 Å². The first-order valence-corrected chi connectivity index (χ1v) is 7.58. The summed E-state index contributed by atoms with van der Waals surface area (Å²) in [6, 6.07) is 7.74. The summed E-state index contributed by atoms with van der Waals surface area (Å²) in [4.78, 5) is 0. The van der Waals surface area contributed by atoms with Gasteiger partial charge in [-0.25, -0.2) is 8.42 Å². The lowest BCUT2D eigenvalue weighted by Gasteiger charge is -2.27. The highest BCUT2D eigenvalue weighted by Gasteiger charge is 2.35. The minimum absolute atomic E-state index is 0.137. The molecule has 17 heavy (non-hydrogen) atoms. The Labute approximate surface area is 102 Å². The number of hydrogen-bond donors (Lipinski definition) is 1. The van der Waals surface area contributed by atoms with E-state index in [0.717, 1.165) is 24.2 Å². The molecule has 1 aliphatic rings. The first kappa shape index (κ1) is 12.4. The zero-order chi connectivity index (χ0) is 12.3. The molecule has 1 aliphatic heterocycles. The fraction of sp³-hybridized carbons (Fsp3) is 0.500. The summed E-state index contributed by atoms with van der Waals surface area (Å²) in [5, 5.41) is 0. The lowest BCUT2D eigenvalue weighted by atomic mass is 10.1. The van der Waals surface area contributed by atoms with Crippen LogP contribution in [0, 0.1) is 0 Å². The molecular weight excluding hydrogens is 238 g/mol. The van der Waals surface area contributed by atoms with Gasteiger partial charge >= 0.3 is 0 Å². The summed E-state index contributed by atoms with van der Waals surface area (Å²) < 4.78 is 27.8. The lowest BCUT2D eigenvalue weighted by Crippen LogP contribution is -2.45. The third-order valence-corrected chi connectivity index (χ3v) is 4.56. The van der Waals surface area contributed by atoms with Crippen molar-refractivity contribution in [3.05, 3.63) is 29.8 Å². The van der Waals surface area contributed by atoms with Crippen molar-refractivity contribution in [1.82, 2.24) is 0 Å². The van der Waals surface area contributed by atoms with E-state index in [9.17, 15) is 8.42 Å². The third kappa shape index (κ3) is 3.20. The van der Waals surface area contributed by atoms with Gasteiger partial charge in [0.15, 0.2) is 9.84 Å². The van der Waals surface area contributed by atoms with Crippen LogP contribution < -0.4 is 10.5 Å². The van der Waals surface area contributed by atoms with E-state index in [2.05, 4.69) is 0 Å². The third-order valence-electron chi connectivity index (χ3n) is 2.80. The summed E-state index contributed by atoms with van der Waals surface area (Å²) in [5.41, 5.74) is 6.58. The molecule has 5 heteroatoms. The molecule has 0 aliphatic carbocycles. The Morgan fingerprint density at radius 3 is 2.65 bits per heavy atom. The molecule has 0 atom stereocenters. The zero-order valence-electron chi connectivity index (χ0n) is 9.63. The van der Waals surface area contributed by atoms with Crippen molar-refractivity contribution in [3.8, 4) is 5.75 Å². The van der Waals surface area contributed by atoms with Crippen LogP contribution in [0.2, 0.25) is 0 Å². The maximum absolute atomic E-state index is 11.0. The first-order chi connectivity index (χ1) is 8.11. The van der Waals surface area contributed by atoms with E-state index in [4.69, 9.17) is 10.5 Å². The smallest absolute Gasteiger partial charge is 0.157 e. The molecular formula is C12H17NO3S. The van der Waals surface area contributed by atoms with Gasteiger partial charge in [0.2, 0.25) is 0 Å². The molecule has 4 nitrogen and oxygen atoms in total. The molecule has 1 saturated heterocycles. The molecule has 0 radical (unpaired) electrons. The second-order valence-corrected chi connectivity index (χ2v) is 6.47. The molecule has 0 bridgehead atoms. The molecule has 94 valence electrons. The van der Waals surface area contributed by atoms with E-state index in [1.807, 2.05) is 24.3 Å². The van der Waals surface area contributed by atoms with E-state index >= 15 is 0 Å². The van der Waals surface area contributed by atoms with Crippen molar-refractivity contribution < 1.29 is 13.2 Å². The monoisotopic (exact) mass is 255 g/mol. The van der Waals surface area contributed by atoms with E-state index < -0.39 is 9.84 Å². The minimum Gasteiger partial charge on any atom is -0.488 e. The molecule has 2 N–H and O–H groups in total. The molecule has 0 saturated carbocycles. The summed E-state index contributed by atoms with van der Waals surface area (Å²) in [6.45, 7) is 0.645. The van der Waals surface area contributed by atoms with Crippen LogP contribution in [0.4, 0.5) is 0 Å². The zero-order valence-corrected chi connectivity index (χ0v) is 10.4. The minimum atomic E-state index is -2.83. The Bertz CT molecular complexity index is 472. The van der Waals surface area contributed by atoms with Gasteiger partial charge in [-0.3, -0.25) is 0 Å². The second-order valence-electron chi connectivity index (χ2n) is 4.32. The van der Waals surface area contributed by atoms with Crippen LogP contribution in [0.3, 0.4) is 0 Å². The normalized spacial score (nSPS) is 18.6. The molecule has 2 rings (SSSR count). The molecule has 0 spiro atoms. The SMILES string of the molecule is NCCCc1ccccc1OC1CS(=O)(=O)C1. The van der Waals surface area contributed by atoms with Crippen LogP contribution in [0.15, 0.2) is 24.3 Å². The Morgan fingerprint density at radius 2 is 2.00 bits per heavy atom. The topological polar surface area (TPSA) is 69.4 Å². The number of hydrogen-bond acceptors (Lipinski definition) is 4. The van der Waals surface area contributed by atoms with Crippen molar-refractivity contribution in [2.75, 3.05) is 18.1 Å². The number of aryl methyl sites for hydroxylation is 1. The van der Waals surface area contributed by atoms with Crippen molar-refractivity contribution in [1.29, 1.82) is 0 Å². The Balaban J connectivity index is 2.00. The molecule has 0 aromatic heterocycles. The number of benzene rings is 1. The van der Waals surface area contributed by atoms with Crippen LogP contribution in [0.1, 0.15) is 12.0 Å². The maximum atomic E-state index is 11.0. The maximum Gasteiger partial charge on any atom is 0.157 e. The Hall–Kier alpha value is -1.07. The quantitative estimate of drug-likeness (QED) is 0.843. The molecule has 1 aromatic rings. The number of sulfone groups is 1. The van der Waals surface area contributed by atoms with E-state index in [1.165, 1.54) is 0 Å². The van der Waals surface area contributed by atoms with E-state index in [0.29, 0.717) is 6.54 Å². The van der Waals surface area contributed by atoms with Crippen molar-refractivity contribution in [2.45, 2.75) is 18.9 Å². The predicted octanol–water partition coefficient (Wildman–Crippen LogP) is 0.754. The summed E-state index contributed by atoms with van der Waals surface area (Å²) in [5.74, 6) is 1.07. The van der Waals surface area contributed by atoms with Gasteiger partial charge in [-0.2, -0.15) is 0 Å². The highest BCUT2D eigenvalue weighted by atomic mass is 32.2.